The second-order valence-electron chi connectivity index (χ2n) is 4.73. The first-order chi connectivity index (χ1) is 7.21. The Labute approximate surface area is 88.4 Å². The van der Waals surface area contributed by atoms with E-state index in [4.69, 9.17) is 4.74 Å². The molecule has 1 aliphatic carbocycles. The number of nitrogens with zero attached hydrogens (tertiary/aromatic N) is 2. The summed E-state index contributed by atoms with van der Waals surface area (Å²) in [5.74, 6) is 0.0172. The smallest absolute Gasteiger partial charge is 0.333 e. The minimum absolute atomic E-state index is 0.172. The Hall–Kier alpha value is -1.19. The van der Waals surface area contributed by atoms with E-state index in [1.54, 1.807) is 0 Å². The van der Waals surface area contributed by atoms with Crippen LogP contribution in [0.15, 0.2) is 21.9 Å². The van der Waals surface area contributed by atoms with Gasteiger partial charge in [-0.2, -0.15) is 10.2 Å². The summed E-state index contributed by atoms with van der Waals surface area (Å²) in [6.45, 7) is 2.79. The van der Waals surface area contributed by atoms with Crippen molar-refractivity contribution in [2.24, 2.45) is 16.1 Å². The summed E-state index contributed by atoms with van der Waals surface area (Å²) in [6.07, 6.45) is 5.00. The van der Waals surface area contributed by atoms with E-state index in [9.17, 15) is 4.79 Å². The van der Waals surface area contributed by atoms with Crippen LogP contribution >= 0.6 is 0 Å². The van der Waals surface area contributed by atoms with Crippen molar-refractivity contribution in [3.63, 3.8) is 0 Å². The fraction of sp³-hybridized carbons (Fsp3) is 0.727. The van der Waals surface area contributed by atoms with Crippen LogP contribution in [0.4, 0.5) is 0 Å². The standard InChI is InChI=1S/C11H14N2O2/c1-7-2-4-11(5-3-7)8-6-12-13-9(8)10(14)15-11/h2,8-9H,3-6H2,1H3. The topological polar surface area (TPSA) is 51.0 Å². The minimum atomic E-state index is -0.309. The SMILES string of the molecule is CC1=CCC2(CC1)OC(=O)C1N=NCC12. The first-order valence-electron chi connectivity index (χ1n) is 5.46. The largest absolute Gasteiger partial charge is 0.457 e. The molecule has 1 saturated heterocycles. The zero-order chi connectivity index (χ0) is 10.5. The number of ether oxygens (including phenoxy) is 1. The lowest BCUT2D eigenvalue weighted by molar-refractivity contribution is -0.150. The fourth-order valence-corrected chi connectivity index (χ4v) is 2.79. The summed E-state index contributed by atoms with van der Waals surface area (Å²) in [7, 11) is 0. The Balaban J connectivity index is 1.92. The van der Waals surface area contributed by atoms with E-state index in [0.29, 0.717) is 6.54 Å². The minimum Gasteiger partial charge on any atom is -0.457 e. The lowest BCUT2D eigenvalue weighted by Crippen LogP contribution is -2.39. The second-order valence-corrected chi connectivity index (χ2v) is 4.73. The van der Waals surface area contributed by atoms with Gasteiger partial charge in [-0.1, -0.05) is 11.6 Å². The molecule has 0 aromatic heterocycles. The number of carbonyl (C=O) groups is 1. The highest BCUT2D eigenvalue weighted by Gasteiger charge is 2.57. The molecule has 4 heteroatoms. The molecule has 2 heterocycles. The van der Waals surface area contributed by atoms with Crippen LogP contribution in [0.3, 0.4) is 0 Å². The molecule has 0 aromatic carbocycles. The lowest BCUT2D eigenvalue weighted by atomic mass is 9.76. The van der Waals surface area contributed by atoms with Crippen LogP contribution in [-0.2, 0) is 9.53 Å². The molecule has 80 valence electrons. The van der Waals surface area contributed by atoms with Gasteiger partial charge >= 0.3 is 5.97 Å². The van der Waals surface area contributed by atoms with Crippen molar-refractivity contribution in [3.05, 3.63) is 11.6 Å². The third kappa shape index (κ3) is 1.17. The number of hydrogen-bond donors (Lipinski definition) is 0. The first-order valence-corrected chi connectivity index (χ1v) is 5.46. The molecule has 15 heavy (non-hydrogen) atoms. The molecule has 2 aliphatic heterocycles. The monoisotopic (exact) mass is 206 g/mol. The van der Waals surface area contributed by atoms with E-state index in [1.807, 2.05) is 0 Å². The number of esters is 1. The molecule has 4 nitrogen and oxygen atoms in total. The van der Waals surface area contributed by atoms with E-state index in [1.165, 1.54) is 5.57 Å². The van der Waals surface area contributed by atoms with E-state index in [0.717, 1.165) is 19.3 Å². The number of carbonyl (C=O) groups excluding carboxylic acids is 1. The maximum Gasteiger partial charge on any atom is 0.333 e. The molecule has 0 aromatic rings. The molecule has 0 radical (unpaired) electrons. The summed E-state index contributed by atoms with van der Waals surface area (Å²) in [4.78, 5) is 11.6. The van der Waals surface area contributed by atoms with Crippen LogP contribution in [0.2, 0.25) is 0 Å². The zero-order valence-electron chi connectivity index (χ0n) is 8.77. The molecule has 0 N–H and O–H groups in total. The van der Waals surface area contributed by atoms with Gasteiger partial charge in [0.25, 0.3) is 0 Å². The van der Waals surface area contributed by atoms with Crippen LogP contribution in [-0.4, -0.2) is 24.2 Å². The van der Waals surface area contributed by atoms with Gasteiger partial charge in [0, 0.05) is 6.42 Å². The van der Waals surface area contributed by atoms with Crippen LogP contribution in [0.25, 0.3) is 0 Å². The summed E-state index contributed by atoms with van der Waals surface area (Å²) >= 11 is 0. The number of allylic oxidation sites excluding steroid dienone is 1. The van der Waals surface area contributed by atoms with Crippen LogP contribution in [0.5, 0.6) is 0 Å². The Morgan fingerprint density at radius 3 is 3.20 bits per heavy atom. The maximum atomic E-state index is 11.6. The summed E-state index contributed by atoms with van der Waals surface area (Å²) in [5.41, 5.74) is 1.11. The highest BCUT2D eigenvalue weighted by molar-refractivity contribution is 5.80. The normalized spacial score (nSPS) is 43.0. The average molecular weight is 206 g/mol. The molecule has 1 fully saturated rings. The molecule has 3 unspecified atom stereocenters. The van der Waals surface area contributed by atoms with Crippen LogP contribution in [0, 0.1) is 5.92 Å². The third-order valence-corrected chi connectivity index (χ3v) is 3.83. The van der Waals surface area contributed by atoms with Gasteiger partial charge in [0.2, 0.25) is 0 Å². The molecule has 3 rings (SSSR count). The van der Waals surface area contributed by atoms with Crippen molar-refractivity contribution in [1.29, 1.82) is 0 Å². The van der Waals surface area contributed by atoms with Crippen molar-refractivity contribution in [1.82, 2.24) is 0 Å². The van der Waals surface area contributed by atoms with Crippen LogP contribution in [0.1, 0.15) is 26.2 Å². The van der Waals surface area contributed by atoms with Gasteiger partial charge in [0.05, 0.1) is 12.5 Å². The number of hydrogen-bond acceptors (Lipinski definition) is 4. The summed E-state index contributed by atoms with van der Waals surface area (Å²) in [5, 5.41) is 7.97. The molecule has 0 bridgehead atoms. The fourth-order valence-electron chi connectivity index (χ4n) is 2.79. The molecular weight excluding hydrogens is 192 g/mol. The van der Waals surface area contributed by atoms with Gasteiger partial charge in [-0.05, 0) is 19.8 Å². The lowest BCUT2D eigenvalue weighted by Gasteiger charge is -2.34. The second kappa shape index (κ2) is 2.90. The molecule has 3 aliphatic rings. The third-order valence-electron chi connectivity index (χ3n) is 3.83. The van der Waals surface area contributed by atoms with Gasteiger partial charge in [0.1, 0.15) is 5.60 Å². The first kappa shape index (κ1) is 9.07. The Morgan fingerprint density at radius 1 is 1.60 bits per heavy atom. The molecule has 0 amide bonds. The van der Waals surface area contributed by atoms with E-state index >= 15 is 0 Å². The van der Waals surface area contributed by atoms with Gasteiger partial charge < -0.3 is 4.74 Å². The van der Waals surface area contributed by atoms with Crippen molar-refractivity contribution in [2.45, 2.75) is 37.8 Å². The Kier molecular flexibility index (Phi) is 1.75. The van der Waals surface area contributed by atoms with Gasteiger partial charge in [-0.25, -0.2) is 4.79 Å². The quantitative estimate of drug-likeness (QED) is 0.448. The van der Waals surface area contributed by atoms with E-state index in [-0.39, 0.29) is 23.5 Å². The molecule has 3 atom stereocenters. The van der Waals surface area contributed by atoms with Gasteiger partial charge in [-0.15, -0.1) is 0 Å². The van der Waals surface area contributed by atoms with E-state index < -0.39 is 0 Å². The summed E-state index contributed by atoms with van der Waals surface area (Å²) in [6, 6.07) is -0.309. The van der Waals surface area contributed by atoms with Gasteiger partial charge in [-0.3, -0.25) is 0 Å². The number of rotatable bonds is 0. The van der Waals surface area contributed by atoms with E-state index in [2.05, 4.69) is 23.2 Å². The van der Waals surface area contributed by atoms with Crippen molar-refractivity contribution in [3.8, 4) is 0 Å². The molecule has 1 spiro atoms. The zero-order valence-corrected chi connectivity index (χ0v) is 8.77. The Morgan fingerprint density at radius 2 is 2.47 bits per heavy atom. The van der Waals surface area contributed by atoms with Crippen LogP contribution < -0.4 is 0 Å². The number of fused-ring (bicyclic) bond motifs is 2. The molecule has 0 saturated carbocycles. The predicted octanol–water partition coefficient (Wildman–Crippen LogP) is 1.86. The number of azo groups is 1. The average Bonchev–Trinajstić information content (AvgIpc) is 2.78. The van der Waals surface area contributed by atoms with Crippen molar-refractivity contribution in [2.75, 3.05) is 6.54 Å². The summed E-state index contributed by atoms with van der Waals surface area (Å²) < 4.78 is 5.57. The molecular formula is C11H14N2O2. The Bertz CT molecular complexity index is 375. The highest BCUT2D eigenvalue weighted by atomic mass is 16.6. The van der Waals surface area contributed by atoms with Crippen molar-refractivity contribution < 1.29 is 9.53 Å². The van der Waals surface area contributed by atoms with Gasteiger partial charge in [0.15, 0.2) is 6.04 Å². The maximum absolute atomic E-state index is 11.6. The highest BCUT2D eigenvalue weighted by Crippen LogP contribution is 2.46. The predicted molar refractivity (Wildman–Crippen MR) is 53.4 cm³/mol. The van der Waals surface area contributed by atoms with Crippen molar-refractivity contribution >= 4 is 5.97 Å².